The van der Waals surface area contributed by atoms with Crippen LogP contribution in [0.4, 0.5) is 18.9 Å². The SMILES string of the molecule is CC(=O)N[C@H](CC(=O)N1CCN(c2cccc(C(F)(F)F)c2)CC1)c1ccccc1. The molecule has 0 aliphatic carbocycles. The van der Waals surface area contributed by atoms with Crippen LogP contribution in [0.25, 0.3) is 0 Å². The first-order chi connectivity index (χ1) is 14.2. The summed E-state index contributed by atoms with van der Waals surface area (Å²) in [6.45, 7) is 3.13. The fourth-order valence-electron chi connectivity index (χ4n) is 3.58. The van der Waals surface area contributed by atoms with E-state index >= 15 is 0 Å². The van der Waals surface area contributed by atoms with Gasteiger partial charge in [0.05, 0.1) is 18.0 Å². The maximum absolute atomic E-state index is 13.0. The van der Waals surface area contributed by atoms with Gasteiger partial charge in [0, 0.05) is 38.8 Å². The van der Waals surface area contributed by atoms with Crippen molar-refractivity contribution < 1.29 is 22.8 Å². The number of carbonyl (C=O) groups excluding carboxylic acids is 2. The minimum absolute atomic E-state index is 0.0960. The summed E-state index contributed by atoms with van der Waals surface area (Å²) < 4.78 is 38.9. The van der Waals surface area contributed by atoms with Crippen LogP contribution in [0.3, 0.4) is 0 Å². The minimum atomic E-state index is -4.38. The number of nitrogens with one attached hydrogen (secondary N) is 1. The van der Waals surface area contributed by atoms with Crippen LogP contribution in [-0.2, 0) is 15.8 Å². The molecule has 1 aliphatic rings. The molecule has 1 saturated heterocycles. The molecular formula is C22H24F3N3O2. The molecule has 1 heterocycles. The second kappa shape index (κ2) is 9.19. The number of hydrogen-bond acceptors (Lipinski definition) is 3. The van der Waals surface area contributed by atoms with Crippen LogP contribution in [0.1, 0.15) is 30.5 Å². The number of benzene rings is 2. The lowest BCUT2D eigenvalue weighted by Crippen LogP contribution is -2.49. The second-order valence-electron chi connectivity index (χ2n) is 7.28. The van der Waals surface area contributed by atoms with Gasteiger partial charge < -0.3 is 15.1 Å². The number of piperazine rings is 1. The third-order valence-electron chi connectivity index (χ3n) is 5.13. The van der Waals surface area contributed by atoms with Crippen LogP contribution in [0, 0.1) is 0 Å². The zero-order chi connectivity index (χ0) is 21.7. The van der Waals surface area contributed by atoms with Gasteiger partial charge in [-0.3, -0.25) is 9.59 Å². The molecular weight excluding hydrogens is 395 g/mol. The fourth-order valence-corrected chi connectivity index (χ4v) is 3.58. The number of rotatable bonds is 5. The van der Waals surface area contributed by atoms with E-state index in [1.54, 1.807) is 11.0 Å². The quantitative estimate of drug-likeness (QED) is 0.806. The Labute approximate surface area is 173 Å². The molecule has 0 aromatic heterocycles. The van der Waals surface area contributed by atoms with Crippen molar-refractivity contribution in [3.8, 4) is 0 Å². The highest BCUT2D eigenvalue weighted by atomic mass is 19.4. The lowest BCUT2D eigenvalue weighted by Gasteiger charge is -2.37. The zero-order valence-corrected chi connectivity index (χ0v) is 16.7. The lowest BCUT2D eigenvalue weighted by molar-refractivity contribution is -0.137. The molecule has 3 rings (SSSR count). The molecule has 0 saturated carbocycles. The van der Waals surface area contributed by atoms with E-state index in [1.165, 1.54) is 13.0 Å². The van der Waals surface area contributed by atoms with Crippen molar-refractivity contribution in [1.29, 1.82) is 0 Å². The topological polar surface area (TPSA) is 52.7 Å². The molecule has 5 nitrogen and oxygen atoms in total. The molecule has 1 fully saturated rings. The first-order valence-electron chi connectivity index (χ1n) is 9.76. The highest BCUT2D eigenvalue weighted by Crippen LogP contribution is 2.32. The van der Waals surface area contributed by atoms with Gasteiger partial charge in [0.1, 0.15) is 0 Å². The number of hydrogen-bond donors (Lipinski definition) is 1. The largest absolute Gasteiger partial charge is 0.416 e. The molecule has 30 heavy (non-hydrogen) atoms. The third kappa shape index (κ3) is 5.52. The number of amides is 2. The Morgan fingerprint density at radius 1 is 1.00 bits per heavy atom. The van der Waals surface area contributed by atoms with Gasteiger partial charge in [-0.1, -0.05) is 36.4 Å². The molecule has 0 radical (unpaired) electrons. The van der Waals surface area contributed by atoms with Gasteiger partial charge in [0.2, 0.25) is 11.8 Å². The van der Waals surface area contributed by atoms with E-state index in [2.05, 4.69) is 5.32 Å². The highest BCUT2D eigenvalue weighted by molar-refractivity contribution is 5.79. The monoisotopic (exact) mass is 419 g/mol. The van der Waals surface area contributed by atoms with Gasteiger partial charge in [-0.25, -0.2) is 0 Å². The predicted octanol–water partition coefficient (Wildman–Crippen LogP) is 3.62. The summed E-state index contributed by atoms with van der Waals surface area (Å²) in [5, 5.41) is 2.82. The third-order valence-corrected chi connectivity index (χ3v) is 5.13. The fraction of sp³-hybridized carbons (Fsp3) is 0.364. The maximum Gasteiger partial charge on any atom is 0.416 e. The molecule has 2 aromatic carbocycles. The molecule has 0 bridgehead atoms. The molecule has 0 spiro atoms. The van der Waals surface area contributed by atoms with Crippen molar-refractivity contribution in [2.45, 2.75) is 25.6 Å². The number of anilines is 1. The number of nitrogens with zero attached hydrogens (tertiary/aromatic N) is 2. The van der Waals surface area contributed by atoms with Crippen molar-refractivity contribution >= 4 is 17.5 Å². The Morgan fingerprint density at radius 2 is 1.67 bits per heavy atom. The average molecular weight is 419 g/mol. The Hall–Kier alpha value is -3.03. The smallest absolute Gasteiger partial charge is 0.368 e. The van der Waals surface area contributed by atoms with E-state index in [-0.39, 0.29) is 18.2 Å². The molecule has 1 N–H and O–H groups in total. The summed E-state index contributed by atoms with van der Waals surface area (Å²) in [4.78, 5) is 27.9. The van der Waals surface area contributed by atoms with Gasteiger partial charge in [0.15, 0.2) is 0 Å². The predicted molar refractivity (Wildman–Crippen MR) is 108 cm³/mol. The standard InChI is InChI=1S/C22H24F3N3O2/c1-16(29)26-20(17-6-3-2-4-7-17)15-21(30)28-12-10-27(11-13-28)19-9-5-8-18(14-19)22(23,24)25/h2-9,14,20H,10-13,15H2,1H3,(H,26,29)/t20-/m1/s1. The van der Waals surface area contributed by atoms with E-state index in [4.69, 9.17) is 0 Å². The Bertz CT molecular complexity index is 879. The van der Waals surface area contributed by atoms with Crippen molar-refractivity contribution in [1.82, 2.24) is 10.2 Å². The van der Waals surface area contributed by atoms with Crippen LogP contribution in [0.2, 0.25) is 0 Å². The first kappa shape index (κ1) is 21.7. The van der Waals surface area contributed by atoms with E-state index in [9.17, 15) is 22.8 Å². The van der Waals surface area contributed by atoms with Gasteiger partial charge >= 0.3 is 6.18 Å². The van der Waals surface area contributed by atoms with Crippen LogP contribution >= 0.6 is 0 Å². The van der Waals surface area contributed by atoms with Crippen molar-refractivity contribution in [2.24, 2.45) is 0 Å². The van der Waals surface area contributed by atoms with E-state index in [0.29, 0.717) is 31.9 Å². The summed E-state index contributed by atoms with van der Waals surface area (Å²) >= 11 is 0. The van der Waals surface area contributed by atoms with Crippen LogP contribution in [0.5, 0.6) is 0 Å². The van der Waals surface area contributed by atoms with Crippen LogP contribution in [-0.4, -0.2) is 42.9 Å². The van der Waals surface area contributed by atoms with E-state index < -0.39 is 17.8 Å². The molecule has 0 unspecified atom stereocenters. The summed E-state index contributed by atoms with van der Waals surface area (Å²) in [6, 6.07) is 14.1. The summed E-state index contributed by atoms with van der Waals surface area (Å²) in [7, 11) is 0. The van der Waals surface area contributed by atoms with Crippen LogP contribution in [0.15, 0.2) is 54.6 Å². The number of alkyl halides is 3. The Morgan fingerprint density at radius 3 is 2.27 bits per heavy atom. The van der Waals surface area contributed by atoms with Gasteiger partial charge in [-0.2, -0.15) is 13.2 Å². The van der Waals surface area contributed by atoms with Crippen molar-refractivity contribution in [3.63, 3.8) is 0 Å². The van der Waals surface area contributed by atoms with E-state index in [0.717, 1.165) is 17.7 Å². The van der Waals surface area contributed by atoms with Gasteiger partial charge in [-0.15, -0.1) is 0 Å². The lowest BCUT2D eigenvalue weighted by atomic mass is 10.0. The normalized spacial score (nSPS) is 15.6. The second-order valence-corrected chi connectivity index (χ2v) is 7.28. The summed E-state index contributed by atoms with van der Waals surface area (Å²) in [6.07, 6.45) is -4.25. The number of carbonyl (C=O) groups is 2. The van der Waals surface area contributed by atoms with Gasteiger partial charge in [0.25, 0.3) is 0 Å². The van der Waals surface area contributed by atoms with Crippen molar-refractivity contribution in [2.75, 3.05) is 31.1 Å². The Balaban J connectivity index is 1.61. The van der Waals surface area contributed by atoms with Gasteiger partial charge in [-0.05, 0) is 23.8 Å². The molecule has 2 amide bonds. The first-order valence-corrected chi connectivity index (χ1v) is 9.76. The maximum atomic E-state index is 13.0. The van der Waals surface area contributed by atoms with Crippen LogP contribution < -0.4 is 10.2 Å². The molecule has 1 aliphatic heterocycles. The molecule has 1 atom stereocenters. The Kier molecular flexibility index (Phi) is 6.64. The number of halogens is 3. The molecule has 160 valence electrons. The van der Waals surface area contributed by atoms with E-state index in [1.807, 2.05) is 35.2 Å². The average Bonchev–Trinajstić information content (AvgIpc) is 2.73. The summed E-state index contributed by atoms with van der Waals surface area (Å²) in [5.41, 5.74) is 0.667. The summed E-state index contributed by atoms with van der Waals surface area (Å²) in [5.74, 6) is -0.313. The zero-order valence-electron chi connectivity index (χ0n) is 16.7. The van der Waals surface area contributed by atoms with Crippen molar-refractivity contribution in [3.05, 3.63) is 65.7 Å². The minimum Gasteiger partial charge on any atom is -0.368 e. The highest BCUT2D eigenvalue weighted by Gasteiger charge is 2.31. The molecule has 2 aromatic rings. The molecule has 8 heteroatoms.